The summed E-state index contributed by atoms with van der Waals surface area (Å²) in [4.78, 5) is 27.5. The number of fused-ring (bicyclic) bond motifs is 1. The molecule has 6 nitrogen and oxygen atoms in total. The van der Waals surface area contributed by atoms with Crippen molar-refractivity contribution in [2.45, 2.75) is 58.5 Å². The number of ether oxygens (including phenoxy) is 2. The summed E-state index contributed by atoms with van der Waals surface area (Å²) in [5.41, 5.74) is 5.43. The number of anilines is 1. The van der Waals surface area contributed by atoms with Crippen LogP contribution in [0.1, 0.15) is 67.1 Å². The molecule has 1 aliphatic heterocycles. The van der Waals surface area contributed by atoms with E-state index in [9.17, 15) is 14.7 Å². The molecule has 1 heterocycles. The summed E-state index contributed by atoms with van der Waals surface area (Å²) in [6, 6.07) is 29.7. The maximum absolute atomic E-state index is 13.5. The van der Waals surface area contributed by atoms with E-state index in [4.69, 9.17) is 9.47 Å². The second-order valence-corrected chi connectivity index (χ2v) is 11.9. The Bertz CT molecular complexity index is 1590. The standard InChI is InChI=1S/C38H41NO5/c1-4-11-27-24-31(36(40)30-19-17-29(18-20-30)28-12-6-5-7-13-28)26-32(25-27)43-23-10-22-39-21-9-14-33-34(39)15-8-16-35(33)44-38(2,3)37(41)42/h5-8,12-13,15-20,24-26H,4,9-11,14,21-23H2,1-3H3,(H,41,42). The average Bonchev–Trinajstić information content (AvgIpc) is 3.03. The van der Waals surface area contributed by atoms with E-state index in [2.05, 4.69) is 30.0 Å². The first-order valence-corrected chi connectivity index (χ1v) is 15.5. The highest BCUT2D eigenvalue weighted by Crippen LogP contribution is 2.36. The molecule has 44 heavy (non-hydrogen) atoms. The average molecular weight is 592 g/mol. The quantitative estimate of drug-likeness (QED) is 0.125. The van der Waals surface area contributed by atoms with E-state index in [1.165, 1.54) is 0 Å². The van der Waals surface area contributed by atoms with Crippen molar-refractivity contribution in [3.63, 3.8) is 0 Å². The summed E-state index contributed by atoms with van der Waals surface area (Å²) >= 11 is 0. The van der Waals surface area contributed by atoms with Crippen molar-refractivity contribution in [2.24, 2.45) is 0 Å². The molecule has 4 aromatic rings. The van der Waals surface area contributed by atoms with Crippen LogP contribution in [-0.2, 0) is 17.6 Å². The second-order valence-electron chi connectivity index (χ2n) is 11.9. The first kappa shape index (κ1) is 30.9. The van der Waals surface area contributed by atoms with Crippen LogP contribution in [0.25, 0.3) is 11.1 Å². The van der Waals surface area contributed by atoms with Crippen LogP contribution in [0.4, 0.5) is 5.69 Å². The van der Waals surface area contributed by atoms with Gasteiger partial charge >= 0.3 is 5.97 Å². The summed E-state index contributed by atoms with van der Waals surface area (Å²) in [5.74, 6) is 0.344. The Hall–Kier alpha value is -4.58. The van der Waals surface area contributed by atoms with Gasteiger partial charge in [-0.1, -0.05) is 74.0 Å². The van der Waals surface area contributed by atoms with Crippen LogP contribution in [0.5, 0.6) is 11.5 Å². The molecule has 5 rings (SSSR count). The van der Waals surface area contributed by atoms with Crippen LogP contribution in [0.15, 0.2) is 91.0 Å². The number of aryl methyl sites for hydroxylation is 1. The number of ketones is 1. The molecular weight excluding hydrogens is 550 g/mol. The zero-order chi connectivity index (χ0) is 31.1. The van der Waals surface area contributed by atoms with Crippen LogP contribution in [-0.4, -0.2) is 42.2 Å². The van der Waals surface area contributed by atoms with Gasteiger partial charge < -0.3 is 19.5 Å². The van der Waals surface area contributed by atoms with Gasteiger partial charge in [-0.25, -0.2) is 4.79 Å². The molecule has 228 valence electrons. The van der Waals surface area contributed by atoms with Gasteiger partial charge in [0.2, 0.25) is 0 Å². The van der Waals surface area contributed by atoms with Gasteiger partial charge in [-0.05, 0) is 86.6 Å². The van der Waals surface area contributed by atoms with Crippen LogP contribution in [0, 0.1) is 0 Å². The van der Waals surface area contributed by atoms with E-state index in [0.717, 1.165) is 73.1 Å². The molecule has 0 aliphatic carbocycles. The van der Waals surface area contributed by atoms with Gasteiger partial charge in [0.05, 0.1) is 6.61 Å². The van der Waals surface area contributed by atoms with E-state index >= 15 is 0 Å². The number of rotatable bonds is 13. The van der Waals surface area contributed by atoms with E-state index in [1.807, 2.05) is 72.8 Å². The van der Waals surface area contributed by atoms with Gasteiger partial charge in [0.25, 0.3) is 0 Å². The third-order valence-corrected chi connectivity index (χ3v) is 8.05. The molecule has 0 saturated carbocycles. The molecule has 0 radical (unpaired) electrons. The highest BCUT2D eigenvalue weighted by molar-refractivity contribution is 6.09. The Morgan fingerprint density at radius 1 is 0.886 bits per heavy atom. The van der Waals surface area contributed by atoms with Gasteiger partial charge in [0.15, 0.2) is 11.4 Å². The fourth-order valence-corrected chi connectivity index (χ4v) is 5.68. The minimum Gasteiger partial charge on any atom is -0.493 e. The molecular formula is C38H41NO5. The maximum atomic E-state index is 13.5. The third-order valence-electron chi connectivity index (χ3n) is 8.05. The lowest BCUT2D eigenvalue weighted by Gasteiger charge is -2.33. The Morgan fingerprint density at radius 2 is 1.64 bits per heavy atom. The molecule has 6 heteroatoms. The van der Waals surface area contributed by atoms with Crippen molar-refractivity contribution >= 4 is 17.4 Å². The van der Waals surface area contributed by atoms with Crippen molar-refractivity contribution < 1.29 is 24.2 Å². The minimum absolute atomic E-state index is 0.0126. The predicted octanol–water partition coefficient (Wildman–Crippen LogP) is 8.00. The molecule has 0 fully saturated rings. The summed E-state index contributed by atoms with van der Waals surface area (Å²) in [7, 11) is 0. The molecule has 4 aromatic carbocycles. The first-order chi connectivity index (χ1) is 21.2. The number of carbonyl (C=O) groups excluding carboxylic acids is 1. The number of hydrogen-bond acceptors (Lipinski definition) is 5. The number of hydrogen-bond donors (Lipinski definition) is 1. The molecule has 0 aromatic heterocycles. The predicted molar refractivity (Wildman–Crippen MR) is 175 cm³/mol. The Labute approximate surface area is 260 Å². The van der Waals surface area contributed by atoms with Gasteiger partial charge in [-0.3, -0.25) is 4.79 Å². The van der Waals surface area contributed by atoms with Crippen molar-refractivity contribution in [1.29, 1.82) is 0 Å². The molecule has 1 N–H and O–H groups in total. The van der Waals surface area contributed by atoms with Crippen LogP contribution in [0.3, 0.4) is 0 Å². The third kappa shape index (κ3) is 7.31. The molecule has 0 amide bonds. The lowest BCUT2D eigenvalue weighted by Crippen LogP contribution is -2.38. The number of aliphatic carboxylic acids is 1. The van der Waals surface area contributed by atoms with Crippen molar-refractivity contribution in [1.82, 2.24) is 0 Å². The monoisotopic (exact) mass is 591 g/mol. The fourth-order valence-electron chi connectivity index (χ4n) is 5.68. The molecule has 0 spiro atoms. The Kier molecular flexibility index (Phi) is 9.69. The number of carboxylic acids is 1. The summed E-state index contributed by atoms with van der Waals surface area (Å²) < 4.78 is 12.2. The number of nitrogens with zero attached hydrogens (tertiary/aromatic N) is 1. The highest BCUT2D eigenvalue weighted by atomic mass is 16.5. The Morgan fingerprint density at radius 3 is 2.36 bits per heavy atom. The van der Waals surface area contributed by atoms with Crippen LogP contribution >= 0.6 is 0 Å². The lowest BCUT2D eigenvalue weighted by atomic mass is 9.97. The van der Waals surface area contributed by atoms with Crippen LogP contribution in [0.2, 0.25) is 0 Å². The van der Waals surface area contributed by atoms with Crippen LogP contribution < -0.4 is 14.4 Å². The lowest BCUT2D eigenvalue weighted by molar-refractivity contribution is -0.152. The number of carboxylic acid groups (broad SMARTS) is 1. The molecule has 0 atom stereocenters. The molecule has 0 saturated heterocycles. The maximum Gasteiger partial charge on any atom is 0.347 e. The summed E-state index contributed by atoms with van der Waals surface area (Å²) in [5, 5.41) is 9.53. The minimum atomic E-state index is -1.30. The zero-order valence-corrected chi connectivity index (χ0v) is 25.8. The van der Waals surface area contributed by atoms with Crippen molar-refractivity contribution in [3.05, 3.63) is 113 Å². The summed E-state index contributed by atoms with van der Waals surface area (Å²) in [6.07, 6.45) is 4.47. The van der Waals surface area contributed by atoms with Gasteiger partial charge in [-0.2, -0.15) is 0 Å². The SMILES string of the molecule is CCCc1cc(OCCCN2CCCc3c(OC(C)(C)C(=O)O)cccc32)cc(C(=O)c2ccc(-c3ccccc3)cc2)c1. The summed E-state index contributed by atoms with van der Waals surface area (Å²) in [6.45, 7) is 7.51. The zero-order valence-electron chi connectivity index (χ0n) is 25.8. The normalized spacial score (nSPS) is 12.8. The number of carbonyl (C=O) groups is 2. The Balaban J connectivity index is 1.24. The molecule has 1 aliphatic rings. The van der Waals surface area contributed by atoms with Gasteiger partial charge in [0, 0.05) is 35.5 Å². The molecule has 0 unspecified atom stereocenters. The van der Waals surface area contributed by atoms with Crippen molar-refractivity contribution in [3.8, 4) is 22.6 Å². The smallest absolute Gasteiger partial charge is 0.347 e. The molecule has 0 bridgehead atoms. The second kappa shape index (κ2) is 13.8. The van der Waals surface area contributed by atoms with E-state index in [1.54, 1.807) is 13.8 Å². The largest absolute Gasteiger partial charge is 0.493 e. The van der Waals surface area contributed by atoms with E-state index in [0.29, 0.717) is 29.2 Å². The van der Waals surface area contributed by atoms with Crippen molar-refractivity contribution in [2.75, 3.05) is 24.6 Å². The van der Waals surface area contributed by atoms with E-state index in [-0.39, 0.29) is 5.78 Å². The number of benzene rings is 4. The van der Waals surface area contributed by atoms with Gasteiger partial charge in [-0.15, -0.1) is 0 Å². The first-order valence-electron chi connectivity index (χ1n) is 15.5. The van der Waals surface area contributed by atoms with Gasteiger partial charge in [0.1, 0.15) is 11.5 Å². The van der Waals surface area contributed by atoms with E-state index < -0.39 is 11.6 Å². The fraction of sp³-hybridized carbons (Fsp3) is 0.316. The topological polar surface area (TPSA) is 76.1 Å². The highest BCUT2D eigenvalue weighted by Gasteiger charge is 2.31.